The standard InChI is InChI=1S/C24H22Cl2FN3O2S/c1-13(20-18(25)4-5-19(27)21(20)26)32-23-22-16(9-29-24(23)28)17(11-31-22)14-8-15(33-12-14)10-30-6-2-3-7-30/h4-5,8-9,11-13H,2-3,6-7,10H2,1H3,(H2,28,29)/t13-/m1/s1. The van der Waals surface area contributed by atoms with Crippen molar-refractivity contribution in [3.63, 3.8) is 0 Å². The van der Waals surface area contributed by atoms with E-state index in [1.807, 2.05) is 0 Å². The van der Waals surface area contributed by atoms with Gasteiger partial charge in [0.1, 0.15) is 11.9 Å². The van der Waals surface area contributed by atoms with Gasteiger partial charge >= 0.3 is 0 Å². The predicted molar refractivity (Wildman–Crippen MR) is 132 cm³/mol. The number of anilines is 1. The molecule has 0 aliphatic carbocycles. The molecule has 0 spiro atoms. The lowest BCUT2D eigenvalue weighted by Crippen LogP contribution is -2.17. The van der Waals surface area contributed by atoms with Crippen LogP contribution in [0.25, 0.3) is 22.1 Å². The van der Waals surface area contributed by atoms with E-state index in [0.29, 0.717) is 16.2 Å². The first kappa shape index (κ1) is 22.5. The molecular weight excluding hydrogens is 484 g/mol. The SMILES string of the molecule is C[C@@H](Oc1c(N)ncc2c(-c3csc(CN4CCCC4)c3)coc12)c1c(Cl)ccc(F)c1Cl. The molecule has 1 fully saturated rings. The number of furan rings is 1. The number of nitrogen functional groups attached to an aromatic ring is 1. The lowest BCUT2D eigenvalue weighted by molar-refractivity contribution is 0.227. The molecule has 1 aromatic carbocycles. The zero-order chi connectivity index (χ0) is 23.1. The van der Waals surface area contributed by atoms with Gasteiger partial charge in [0.15, 0.2) is 11.4 Å². The number of pyridine rings is 1. The van der Waals surface area contributed by atoms with Crippen LogP contribution in [0.15, 0.2) is 40.5 Å². The number of ether oxygens (including phenoxy) is 1. The molecule has 172 valence electrons. The lowest BCUT2D eigenvalue weighted by Gasteiger charge is -2.18. The number of thiophene rings is 1. The zero-order valence-corrected chi connectivity index (χ0v) is 20.2. The van der Waals surface area contributed by atoms with E-state index in [1.54, 1.807) is 30.7 Å². The van der Waals surface area contributed by atoms with Crippen LogP contribution in [-0.2, 0) is 6.54 Å². The van der Waals surface area contributed by atoms with Crippen LogP contribution in [0.2, 0.25) is 10.0 Å². The van der Waals surface area contributed by atoms with Crippen molar-refractivity contribution < 1.29 is 13.5 Å². The molecule has 4 heterocycles. The van der Waals surface area contributed by atoms with E-state index in [2.05, 4.69) is 21.3 Å². The van der Waals surface area contributed by atoms with Crippen LogP contribution in [0, 0.1) is 5.82 Å². The Bertz CT molecular complexity index is 1320. The molecule has 1 saturated heterocycles. The Kier molecular flexibility index (Phi) is 6.22. The largest absolute Gasteiger partial charge is 0.478 e. The molecular formula is C24H22Cl2FN3O2S. The van der Waals surface area contributed by atoms with E-state index in [4.69, 9.17) is 38.1 Å². The van der Waals surface area contributed by atoms with Crippen molar-refractivity contribution in [3.8, 4) is 16.9 Å². The van der Waals surface area contributed by atoms with Crippen LogP contribution in [0.5, 0.6) is 5.75 Å². The van der Waals surface area contributed by atoms with E-state index in [0.717, 1.165) is 36.1 Å². The third-order valence-corrected chi connectivity index (χ3v) is 7.56. The third kappa shape index (κ3) is 4.30. The Morgan fingerprint density at radius 1 is 1.30 bits per heavy atom. The molecule has 33 heavy (non-hydrogen) atoms. The molecule has 0 saturated carbocycles. The van der Waals surface area contributed by atoms with Crippen molar-refractivity contribution in [1.29, 1.82) is 0 Å². The van der Waals surface area contributed by atoms with Gasteiger partial charge in [-0.25, -0.2) is 9.37 Å². The van der Waals surface area contributed by atoms with E-state index in [-0.39, 0.29) is 16.6 Å². The quantitative estimate of drug-likeness (QED) is 0.278. The van der Waals surface area contributed by atoms with Crippen molar-refractivity contribution in [2.45, 2.75) is 32.4 Å². The van der Waals surface area contributed by atoms with Crippen molar-refractivity contribution in [2.24, 2.45) is 0 Å². The fourth-order valence-electron chi connectivity index (χ4n) is 4.23. The second kappa shape index (κ2) is 9.14. The van der Waals surface area contributed by atoms with Gasteiger partial charge in [0.2, 0.25) is 5.75 Å². The maximum Gasteiger partial charge on any atom is 0.205 e. The summed E-state index contributed by atoms with van der Waals surface area (Å²) in [7, 11) is 0. The normalized spacial score (nSPS) is 15.4. The number of fused-ring (bicyclic) bond motifs is 1. The topological polar surface area (TPSA) is 64.5 Å². The summed E-state index contributed by atoms with van der Waals surface area (Å²) in [6.07, 6.45) is 5.22. The lowest BCUT2D eigenvalue weighted by atomic mass is 10.1. The minimum atomic E-state index is -0.683. The minimum Gasteiger partial charge on any atom is -0.478 e. The van der Waals surface area contributed by atoms with Crippen LogP contribution in [0.1, 0.15) is 36.3 Å². The Morgan fingerprint density at radius 3 is 2.88 bits per heavy atom. The number of halogens is 3. The van der Waals surface area contributed by atoms with Crippen molar-refractivity contribution in [2.75, 3.05) is 18.8 Å². The molecule has 1 atom stereocenters. The summed E-state index contributed by atoms with van der Waals surface area (Å²) in [5.74, 6) is -0.132. The highest BCUT2D eigenvalue weighted by Crippen LogP contribution is 2.42. The summed E-state index contributed by atoms with van der Waals surface area (Å²) in [5.41, 5.74) is 8.92. The summed E-state index contributed by atoms with van der Waals surface area (Å²) in [5, 5.41) is 3.13. The molecule has 4 aromatic rings. The number of benzene rings is 1. The third-order valence-electron chi connectivity index (χ3n) is 5.92. The number of hydrogen-bond acceptors (Lipinski definition) is 6. The van der Waals surface area contributed by atoms with Gasteiger partial charge in [-0.2, -0.15) is 0 Å². The first-order valence-corrected chi connectivity index (χ1v) is 12.3. The van der Waals surface area contributed by atoms with Gasteiger partial charge in [-0.3, -0.25) is 4.90 Å². The first-order chi connectivity index (χ1) is 15.9. The molecule has 9 heteroatoms. The molecule has 5 nitrogen and oxygen atoms in total. The van der Waals surface area contributed by atoms with Crippen molar-refractivity contribution >= 4 is 51.3 Å². The molecule has 3 aromatic heterocycles. The second-order valence-corrected chi connectivity index (χ2v) is 9.95. The number of aromatic nitrogens is 1. The number of rotatable bonds is 6. The van der Waals surface area contributed by atoms with E-state index < -0.39 is 11.9 Å². The van der Waals surface area contributed by atoms with Crippen LogP contribution >= 0.6 is 34.5 Å². The van der Waals surface area contributed by atoms with Gasteiger partial charge in [-0.1, -0.05) is 23.2 Å². The highest BCUT2D eigenvalue weighted by molar-refractivity contribution is 7.10. The fraction of sp³-hybridized carbons (Fsp3) is 0.292. The summed E-state index contributed by atoms with van der Waals surface area (Å²) in [4.78, 5) is 8.10. The van der Waals surface area contributed by atoms with Gasteiger partial charge in [-0.05, 0) is 62.0 Å². The van der Waals surface area contributed by atoms with Crippen LogP contribution < -0.4 is 10.5 Å². The predicted octanol–water partition coefficient (Wildman–Crippen LogP) is 7.32. The smallest absolute Gasteiger partial charge is 0.205 e. The molecule has 1 aliphatic rings. The maximum absolute atomic E-state index is 14.0. The molecule has 0 radical (unpaired) electrons. The Labute approximate surface area is 204 Å². The zero-order valence-electron chi connectivity index (χ0n) is 17.9. The number of likely N-dealkylation sites (tertiary alicyclic amines) is 1. The maximum atomic E-state index is 14.0. The van der Waals surface area contributed by atoms with Crippen molar-refractivity contribution in [1.82, 2.24) is 9.88 Å². The molecule has 2 N–H and O–H groups in total. The Balaban J connectivity index is 1.46. The van der Waals surface area contributed by atoms with Gasteiger partial charge in [-0.15, -0.1) is 11.3 Å². The fourth-order valence-corrected chi connectivity index (χ4v) is 5.84. The summed E-state index contributed by atoms with van der Waals surface area (Å²) in [6, 6.07) is 4.86. The number of nitrogens with zero attached hydrogens (tertiary/aromatic N) is 2. The molecule has 5 rings (SSSR count). The molecule has 0 amide bonds. The molecule has 1 aliphatic heterocycles. The Morgan fingerprint density at radius 2 is 2.09 bits per heavy atom. The summed E-state index contributed by atoms with van der Waals surface area (Å²) >= 11 is 14.2. The van der Waals surface area contributed by atoms with Gasteiger partial charge in [0.25, 0.3) is 0 Å². The van der Waals surface area contributed by atoms with Gasteiger partial charge < -0.3 is 14.9 Å². The Hall–Kier alpha value is -2.32. The monoisotopic (exact) mass is 505 g/mol. The second-order valence-electron chi connectivity index (χ2n) is 8.17. The minimum absolute atomic E-state index is 0.0855. The van der Waals surface area contributed by atoms with Gasteiger partial charge in [0.05, 0.1) is 16.7 Å². The van der Waals surface area contributed by atoms with Crippen molar-refractivity contribution in [3.05, 3.63) is 62.3 Å². The average molecular weight is 506 g/mol. The number of hydrogen-bond donors (Lipinski definition) is 1. The average Bonchev–Trinajstić information content (AvgIpc) is 3.54. The van der Waals surface area contributed by atoms with Crippen LogP contribution in [0.3, 0.4) is 0 Å². The highest BCUT2D eigenvalue weighted by Gasteiger charge is 2.23. The van der Waals surface area contributed by atoms with E-state index >= 15 is 0 Å². The highest BCUT2D eigenvalue weighted by atomic mass is 35.5. The van der Waals surface area contributed by atoms with Crippen LogP contribution in [-0.4, -0.2) is 23.0 Å². The van der Waals surface area contributed by atoms with Crippen LogP contribution in [0.4, 0.5) is 10.2 Å². The summed E-state index contributed by atoms with van der Waals surface area (Å²) < 4.78 is 26.0. The molecule has 0 bridgehead atoms. The number of nitrogens with two attached hydrogens (primary N) is 1. The molecule has 0 unspecified atom stereocenters. The van der Waals surface area contributed by atoms with Gasteiger partial charge in [0, 0.05) is 33.8 Å². The summed E-state index contributed by atoms with van der Waals surface area (Å²) in [6.45, 7) is 5.00. The first-order valence-electron chi connectivity index (χ1n) is 10.7. The van der Waals surface area contributed by atoms with E-state index in [9.17, 15) is 4.39 Å². The van der Waals surface area contributed by atoms with E-state index in [1.165, 1.54) is 29.9 Å².